The van der Waals surface area contributed by atoms with Crippen molar-refractivity contribution >= 4 is 0 Å². The van der Waals surface area contributed by atoms with Crippen LogP contribution in [0.3, 0.4) is 0 Å². The molecule has 0 aliphatic carbocycles. The highest BCUT2D eigenvalue weighted by atomic mass is 16.5. The van der Waals surface area contributed by atoms with Crippen molar-refractivity contribution in [1.82, 2.24) is 0 Å². The molecule has 0 unspecified atom stereocenters. The van der Waals surface area contributed by atoms with E-state index < -0.39 is 0 Å². The fourth-order valence-corrected chi connectivity index (χ4v) is 10.1. The minimum Gasteiger partial charge on any atom is -0.493 e. The van der Waals surface area contributed by atoms with E-state index in [9.17, 15) is 0 Å². The van der Waals surface area contributed by atoms with Crippen LogP contribution in [0.15, 0.2) is 176 Å². The molecule has 598 valence electrons. The Morgan fingerprint density at radius 2 is 0.533 bits per heavy atom. The van der Waals surface area contributed by atoms with Crippen LogP contribution in [-0.4, -0.2) is 106 Å². The van der Waals surface area contributed by atoms with E-state index in [-0.39, 0.29) is 12.2 Å². The summed E-state index contributed by atoms with van der Waals surface area (Å²) in [6.45, 7) is 36.9. The highest BCUT2D eigenvalue weighted by molar-refractivity contribution is 5.37. The van der Waals surface area contributed by atoms with Crippen LogP contribution in [0.1, 0.15) is 218 Å². The van der Waals surface area contributed by atoms with E-state index in [1.807, 2.05) is 152 Å². The van der Waals surface area contributed by atoms with Gasteiger partial charge in [0.15, 0.2) is 0 Å². The average molecular weight is 1480 g/mol. The summed E-state index contributed by atoms with van der Waals surface area (Å²) in [6, 6.07) is 57.7. The fraction of sp³-hybridized carbons (Fsp3) is 0.548. The predicted molar refractivity (Wildman–Crippen MR) is 445 cm³/mol. The standard InChI is InChI=1S/C18H22O2.C18H30O2.C16H26O2.C14H22O3.C14H22O2.C13H20O3/c1-2-13-19-17-11-6-12-18(15-17)20-14-7-10-16-8-4-3-5-9-16;1-5-9-16(10-6-2)14-19-17-11-8-12-18(13-17)20-15(4)7-3;1-5-13(4)18-16-10-8-9-15(11-16)17-12-14(6-2)7-3;1-3-9-16-13-7-6-8-14(12-13)17-11-5-4-10-15-2;1-3-5-6-11-16-14-9-7-8-13(12-14)15-10-4-2;1-3-8-15-12-6-4-7-13(11-12)16-10-5-9-14-2/h3-6,8-9,11-12,15H,2,7,10,13-14H2,1H3;8,11-13,15-16H,5-7,9-10,14H2,1-4H3;8-11,13-14H,5-7,12H2,1-4H3;6-8,12H,3-5,9-11H2,1-2H3;7-9,12H,3-6,10-11H2,1-2H3;4,6-7,11H,3,5,8-10H2,1-2H3/t;15-;13-;;;/m.00.../s1. The van der Waals surface area contributed by atoms with E-state index in [0.29, 0.717) is 18.4 Å². The molecule has 0 N–H and O–H groups in total. The average Bonchev–Trinajstić information content (AvgIpc) is 0.940. The van der Waals surface area contributed by atoms with Gasteiger partial charge in [0.1, 0.15) is 69.0 Å². The third-order valence-electron chi connectivity index (χ3n) is 16.6. The molecule has 0 radical (unpaired) electrons. The van der Waals surface area contributed by atoms with Gasteiger partial charge in [-0.2, -0.15) is 0 Å². The van der Waals surface area contributed by atoms with Gasteiger partial charge in [0.25, 0.3) is 0 Å². The maximum Gasteiger partial charge on any atom is 0.123 e. The second-order valence-corrected chi connectivity index (χ2v) is 26.4. The summed E-state index contributed by atoms with van der Waals surface area (Å²) in [4.78, 5) is 0. The van der Waals surface area contributed by atoms with Crippen LogP contribution in [0.25, 0.3) is 0 Å². The Morgan fingerprint density at radius 1 is 0.243 bits per heavy atom. The molecule has 0 bridgehead atoms. The zero-order valence-electron chi connectivity index (χ0n) is 68.9. The van der Waals surface area contributed by atoms with Crippen molar-refractivity contribution in [3.8, 4) is 69.0 Å². The number of rotatable bonds is 51. The first-order valence-electron chi connectivity index (χ1n) is 40.6. The summed E-state index contributed by atoms with van der Waals surface area (Å²) in [5.74, 6) is 12.0. The maximum absolute atomic E-state index is 5.95. The summed E-state index contributed by atoms with van der Waals surface area (Å²) in [5.41, 5.74) is 1.36. The fourth-order valence-electron chi connectivity index (χ4n) is 10.1. The van der Waals surface area contributed by atoms with Gasteiger partial charge < -0.3 is 66.3 Å². The lowest BCUT2D eigenvalue weighted by molar-refractivity contribution is 0.172. The molecule has 0 spiro atoms. The highest BCUT2D eigenvalue weighted by Crippen LogP contribution is 2.27. The number of methoxy groups -OCH3 is 2. The molecule has 2 atom stereocenters. The Labute approximate surface area is 649 Å². The van der Waals surface area contributed by atoms with Crippen LogP contribution < -0.4 is 56.8 Å². The molecule has 0 fully saturated rings. The lowest BCUT2D eigenvalue weighted by atomic mass is 9.99. The van der Waals surface area contributed by atoms with Crippen molar-refractivity contribution in [2.75, 3.05) is 93.5 Å². The molecule has 0 aliphatic rings. The molecule has 0 aliphatic heterocycles. The Morgan fingerprint density at radius 3 is 0.860 bits per heavy atom. The van der Waals surface area contributed by atoms with Gasteiger partial charge in [-0.05, 0) is 188 Å². The van der Waals surface area contributed by atoms with Gasteiger partial charge in [-0.15, -0.1) is 0 Å². The molecular weight excluding hydrogens is 1340 g/mol. The maximum atomic E-state index is 5.95. The lowest BCUT2D eigenvalue weighted by Gasteiger charge is -2.17. The minimum absolute atomic E-state index is 0.248. The molecule has 7 rings (SSSR count). The molecule has 7 aromatic carbocycles. The Bertz CT molecular complexity index is 3050. The lowest BCUT2D eigenvalue weighted by Crippen LogP contribution is -2.12. The summed E-state index contributed by atoms with van der Waals surface area (Å²) in [6.07, 6.45) is 22.5. The van der Waals surface area contributed by atoms with Crippen LogP contribution in [0, 0.1) is 11.8 Å². The Balaban J connectivity index is 0.000000437. The Kier molecular flexibility index (Phi) is 58.9. The molecule has 0 saturated heterocycles. The van der Waals surface area contributed by atoms with Crippen LogP contribution >= 0.6 is 0 Å². The number of ether oxygens (including phenoxy) is 14. The molecule has 107 heavy (non-hydrogen) atoms. The number of hydrogen-bond donors (Lipinski definition) is 0. The number of aryl methyl sites for hydroxylation is 1. The number of unbranched alkanes of at least 4 members (excludes halogenated alkanes) is 3. The van der Waals surface area contributed by atoms with Crippen molar-refractivity contribution < 1.29 is 66.3 Å². The van der Waals surface area contributed by atoms with E-state index in [2.05, 4.69) is 114 Å². The molecule has 0 amide bonds. The van der Waals surface area contributed by atoms with E-state index >= 15 is 0 Å². The summed E-state index contributed by atoms with van der Waals surface area (Å²) in [5, 5.41) is 0. The smallest absolute Gasteiger partial charge is 0.123 e. The molecule has 0 heterocycles. The van der Waals surface area contributed by atoms with Crippen LogP contribution in [-0.2, 0) is 15.9 Å². The molecule has 14 nitrogen and oxygen atoms in total. The van der Waals surface area contributed by atoms with Crippen LogP contribution in [0.4, 0.5) is 0 Å². The van der Waals surface area contributed by atoms with Gasteiger partial charge in [0, 0.05) is 70.3 Å². The molecule has 14 heteroatoms. The van der Waals surface area contributed by atoms with E-state index in [1.54, 1.807) is 14.2 Å². The van der Waals surface area contributed by atoms with E-state index in [1.165, 1.54) is 56.9 Å². The first-order chi connectivity index (χ1) is 52.4. The van der Waals surface area contributed by atoms with Crippen molar-refractivity contribution in [3.05, 3.63) is 181 Å². The molecule has 0 saturated carbocycles. The van der Waals surface area contributed by atoms with Crippen molar-refractivity contribution in [2.45, 2.75) is 231 Å². The van der Waals surface area contributed by atoms with Crippen molar-refractivity contribution in [1.29, 1.82) is 0 Å². The van der Waals surface area contributed by atoms with Gasteiger partial charge in [0.05, 0.1) is 78.3 Å². The largest absolute Gasteiger partial charge is 0.493 e. The SMILES string of the molecule is CCC(CC)COc1cccc(O[C@@H](C)CC)c1.CCCC(CCC)COc1cccc(O[C@@H](C)CC)c1.CCCCCOc1cccc(OCCC)c1.CCCOc1cccc(OCCCCOC)c1.CCCOc1cccc(OCCCOC)c1.CCCOc1cccc(OCCCc2ccccc2)c1. The van der Waals surface area contributed by atoms with Gasteiger partial charge >= 0.3 is 0 Å². The highest BCUT2D eigenvalue weighted by Gasteiger charge is 2.11. The number of hydrogen-bond acceptors (Lipinski definition) is 14. The summed E-state index contributed by atoms with van der Waals surface area (Å²) < 4.78 is 78.1. The first-order valence-corrected chi connectivity index (χ1v) is 40.6. The second-order valence-electron chi connectivity index (χ2n) is 26.4. The predicted octanol–water partition coefficient (Wildman–Crippen LogP) is 24.8. The molecular formula is C93H142O14. The van der Waals surface area contributed by atoms with Crippen LogP contribution in [0.2, 0.25) is 0 Å². The zero-order chi connectivity index (χ0) is 77.8. The quantitative estimate of drug-likeness (QED) is 0.0335. The molecule has 7 aromatic rings. The third kappa shape index (κ3) is 50.3. The number of benzene rings is 7. The van der Waals surface area contributed by atoms with Crippen molar-refractivity contribution in [2.24, 2.45) is 11.8 Å². The van der Waals surface area contributed by atoms with Gasteiger partial charge in [0.2, 0.25) is 0 Å². The van der Waals surface area contributed by atoms with Crippen LogP contribution in [0.5, 0.6) is 69.0 Å². The van der Waals surface area contributed by atoms with Gasteiger partial charge in [-0.1, -0.05) is 181 Å². The van der Waals surface area contributed by atoms with Crippen molar-refractivity contribution in [3.63, 3.8) is 0 Å². The first kappa shape index (κ1) is 95.1. The summed E-state index contributed by atoms with van der Waals surface area (Å²) in [7, 11) is 3.41. The minimum atomic E-state index is 0.248. The second kappa shape index (κ2) is 66.3. The van der Waals surface area contributed by atoms with E-state index in [0.717, 1.165) is 219 Å². The monoisotopic (exact) mass is 1480 g/mol. The molecule has 0 aromatic heterocycles. The van der Waals surface area contributed by atoms with Gasteiger partial charge in [-0.25, -0.2) is 0 Å². The topological polar surface area (TPSA) is 129 Å². The zero-order valence-corrected chi connectivity index (χ0v) is 68.9. The van der Waals surface area contributed by atoms with Gasteiger partial charge in [-0.3, -0.25) is 0 Å². The third-order valence-corrected chi connectivity index (χ3v) is 16.6. The summed E-state index contributed by atoms with van der Waals surface area (Å²) >= 11 is 0. The van der Waals surface area contributed by atoms with E-state index in [4.69, 9.17) is 66.3 Å². The normalized spacial score (nSPS) is 11.0. The Hall–Kier alpha value is -7.94.